The van der Waals surface area contributed by atoms with E-state index in [0.717, 1.165) is 6.20 Å². The average molecular weight is 398 g/mol. The lowest BCUT2D eigenvalue weighted by atomic mass is 10.2. The highest BCUT2D eigenvalue weighted by Crippen LogP contribution is 2.27. The molecular formula is C19H24ClNO6. The van der Waals surface area contributed by atoms with E-state index in [1.807, 2.05) is 0 Å². The van der Waals surface area contributed by atoms with E-state index in [9.17, 15) is 14.4 Å². The Morgan fingerprint density at radius 3 is 2.11 bits per heavy atom. The van der Waals surface area contributed by atoms with Gasteiger partial charge in [0.1, 0.15) is 0 Å². The van der Waals surface area contributed by atoms with Crippen molar-refractivity contribution in [2.24, 2.45) is 0 Å². The van der Waals surface area contributed by atoms with Gasteiger partial charge in [0.15, 0.2) is 5.57 Å². The van der Waals surface area contributed by atoms with Gasteiger partial charge in [-0.15, -0.1) is 0 Å². The molecule has 148 valence electrons. The molecule has 0 atom stereocenters. The molecule has 0 aliphatic rings. The van der Waals surface area contributed by atoms with Crippen LogP contribution in [0.3, 0.4) is 0 Å². The van der Waals surface area contributed by atoms with E-state index in [2.05, 4.69) is 5.32 Å². The summed E-state index contributed by atoms with van der Waals surface area (Å²) < 4.78 is 15.1. The van der Waals surface area contributed by atoms with Gasteiger partial charge in [-0.2, -0.15) is 0 Å². The first kappa shape index (κ1) is 22.5. The molecule has 0 radical (unpaired) electrons. The zero-order valence-corrected chi connectivity index (χ0v) is 16.8. The van der Waals surface area contributed by atoms with Crippen molar-refractivity contribution in [2.75, 3.05) is 11.9 Å². The molecule has 0 aromatic heterocycles. The molecule has 1 aromatic rings. The highest BCUT2D eigenvalue weighted by molar-refractivity contribution is 6.36. The van der Waals surface area contributed by atoms with Gasteiger partial charge >= 0.3 is 17.9 Å². The smallest absolute Gasteiger partial charge is 0.347 e. The van der Waals surface area contributed by atoms with Gasteiger partial charge in [0.05, 0.1) is 35.1 Å². The second-order valence-electron chi connectivity index (χ2n) is 6.00. The first-order chi connectivity index (χ1) is 12.7. The first-order valence-electron chi connectivity index (χ1n) is 8.51. The number of hydrogen-bond acceptors (Lipinski definition) is 7. The zero-order valence-electron chi connectivity index (χ0n) is 16.0. The van der Waals surface area contributed by atoms with Crippen molar-refractivity contribution in [3.63, 3.8) is 0 Å². The van der Waals surface area contributed by atoms with Crippen molar-refractivity contribution >= 4 is 35.2 Å². The van der Waals surface area contributed by atoms with Gasteiger partial charge in [0.2, 0.25) is 0 Å². The molecule has 0 saturated heterocycles. The van der Waals surface area contributed by atoms with E-state index in [-0.39, 0.29) is 22.8 Å². The maximum absolute atomic E-state index is 12.2. The Morgan fingerprint density at radius 2 is 1.63 bits per heavy atom. The number of carbonyl (C=O) groups excluding carboxylic acids is 3. The molecule has 8 heteroatoms. The summed E-state index contributed by atoms with van der Waals surface area (Å²) in [6, 6.07) is 4.68. The van der Waals surface area contributed by atoms with Crippen LogP contribution >= 0.6 is 11.6 Å². The molecule has 0 saturated carbocycles. The molecule has 0 aliphatic heterocycles. The first-order valence-corrected chi connectivity index (χ1v) is 8.89. The Balaban J connectivity index is 3.15. The third kappa shape index (κ3) is 6.94. The van der Waals surface area contributed by atoms with E-state index in [0.29, 0.717) is 5.69 Å². The van der Waals surface area contributed by atoms with Crippen molar-refractivity contribution in [1.82, 2.24) is 0 Å². The van der Waals surface area contributed by atoms with Crippen LogP contribution in [0.5, 0.6) is 0 Å². The normalized spacial score (nSPS) is 10.4. The predicted molar refractivity (Wildman–Crippen MR) is 102 cm³/mol. The average Bonchev–Trinajstić information content (AvgIpc) is 2.55. The van der Waals surface area contributed by atoms with Crippen LogP contribution in [0.25, 0.3) is 0 Å². The van der Waals surface area contributed by atoms with E-state index >= 15 is 0 Å². The van der Waals surface area contributed by atoms with Crippen LogP contribution in [0.4, 0.5) is 5.69 Å². The third-order valence-electron chi connectivity index (χ3n) is 2.99. The number of halogens is 1. The van der Waals surface area contributed by atoms with Crippen molar-refractivity contribution in [2.45, 2.75) is 46.8 Å². The number of nitrogens with one attached hydrogen (secondary N) is 1. The summed E-state index contributed by atoms with van der Waals surface area (Å²) >= 11 is 6.23. The summed E-state index contributed by atoms with van der Waals surface area (Å²) in [7, 11) is 0. The van der Waals surface area contributed by atoms with E-state index in [1.54, 1.807) is 46.8 Å². The van der Waals surface area contributed by atoms with Gasteiger partial charge in [-0.05, 0) is 46.8 Å². The summed E-state index contributed by atoms with van der Waals surface area (Å²) in [5, 5.41) is 2.85. The molecule has 0 aliphatic carbocycles. The Morgan fingerprint density at radius 1 is 1.07 bits per heavy atom. The Bertz CT molecular complexity index is 703. The number of rotatable bonds is 8. The van der Waals surface area contributed by atoms with Gasteiger partial charge in [0.25, 0.3) is 0 Å². The predicted octanol–water partition coefficient (Wildman–Crippen LogP) is 3.72. The monoisotopic (exact) mass is 397 g/mol. The summed E-state index contributed by atoms with van der Waals surface area (Å²) in [5.41, 5.74) is 0.150. The quantitative estimate of drug-likeness (QED) is 0.235. The molecule has 1 rings (SSSR count). The Kier molecular flexibility index (Phi) is 8.81. The lowest BCUT2D eigenvalue weighted by molar-refractivity contribution is -0.150. The molecule has 7 nitrogen and oxygen atoms in total. The molecule has 0 amide bonds. The summed E-state index contributed by atoms with van der Waals surface area (Å²) in [6.45, 7) is 8.54. The fraction of sp³-hybridized carbons (Fsp3) is 0.421. The van der Waals surface area contributed by atoms with Crippen LogP contribution in [0.1, 0.15) is 45.0 Å². The van der Waals surface area contributed by atoms with Gasteiger partial charge in [-0.3, -0.25) is 0 Å². The van der Waals surface area contributed by atoms with Gasteiger partial charge < -0.3 is 19.5 Å². The maximum Gasteiger partial charge on any atom is 0.347 e. The van der Waals surface area contributed by atoms with Gasteiger partial charge in [0, 0.05) is 6.20 Å². The Hall–Kier alpha value is -2.54. The summed E-state index contributed by atoms with van der Waals surface area (Å²) in [5.74, 6) is -2.24. The van der Waals surface area contributed by atoms with Crippen LogP contribution in [0.2, 0.25) is 5.02 Å². The van der Waals surface area contributed by atoms with E-state index in [4.69, 9.17) is 25.8 Å². The molecule has 0 heterocycles. The molecule has 0 unspecified atom stereocenters. The van der Waals surface area contributed by atoms with Gasteiger partial charge in [-0.25, -0.2) is 14.4 Å². The number of ether oxygens (including phenoxy) is 3. The van der Waals surface area contributed by atoms with E-state index < -0.39 is 30.1 Å². The fourth-order valence-corrected chi connectivity index (χ4v) is 2.17. The number of carbonyl (C=O) groups is 3. The standard InChI is InChI=1S/C19H24ClNO6/c1-6-25-17(22)13-8-7-9-15(16(13)20)21-10-14(18(23)26-11(2)3)19(24)27-12(4)5/h7-12,21H,6H2,1-5H3. The molecule has 1 N–H and O–H groups in total. The topological polar surface area (TPSA) is 90.9 Å². The van der Waals surface area contributed by atoms with E-state index in [1.165, 1.54) is 6.07 Å². The summed E-state index contributed by atoms with van der Waals surface area (Å²) in [4.78, 5) is 36.3. The van der Waals surface area contributed by atoms with Crippen LogP contribution in [-0.4, -0.2) is 36.7 Å². The maximum atomic E-state index is 12.2. The van der Waals surface area contributed by atoms with Crippen molar-refractivity contribution in [3.8, 4) is 0 Å². The molecule has 0 bridgehead atoms. The lowest BCUT2D eigenvalue weighted by Gasteiger charge is -2.14. The second kappa shape index (κ2) is 10.6. The molecule has 1 aromatic carbocycles. The lowest BCUT2D eigenvalue weighted by Crippen LogP contribution is -2.24. The largest absolute Gasteiger partial charge is 0.462 e. The van der Waals surface area contributed by atoms with Crippen molar-refractivity contribution < 1.29 is 28.6 Å². The highest BCUT2D eigenvalue weighted by atomic mass is 35.5. The van der Waals surface area contributed by atoms with Crippen LogP contribution < -0.4 is 5.32 Å². The number of benzene rings is 1. The van der Waals surface area contributed by atoms with Crippen molar-refractivity contribution in [3.05, 3.63) is 40.6 Å². The third-order valence-corrected chi connectivity index (χ3v) is 3.40. The van der Waals surface area contributed by atoms with Crippen molar-refractivity contribution in [1.29, 1.82) is 0 Å². The summed E-state index contributed by atoms with van der Waals surface area (Å²) in [6.07, 6.45) is 0.318. The second-order valence-corrected chi connectivity index (χ2v) is 6.38. The molecule has 0 fully saturated rings. The van der Waals surface area contributed by atoms with Gasteiger partial charge in [-0.1, -0.05) is 17.7 Å². The zero-order chi connectivity index (χ0) is 20.6. The molecule has 0 spiro atoms. The minimum absolute atomic E-state index is 0.0982. The minimum Gasteiger partial charge on any atom is -0.462 e. The number of anilines is 1. The minimum atomic E-state index is -0.833. The van der Waals surface area contributed by atoms with Crippen LogP contribution in [0.15, 0.2) is 30.0 Å². The van der Waals surface area contributed by atoms with Crippen LogP contribution in [-0.2, 0) is 23.8 Å². The molecular weight excluding hydrogens is 374 g/mol. The number of esters is 3. The molecule has 27 heavy (non-hydrogen) atoms. The Labute approximate surface area is 163 Å². The fourth-order valence-electron chi connectivity index (χ4n) is 1.92. The SMILES string of the molecule is CCOC(=O)c1cccc(NC=C(C(=O)OC(C)C)C(=O)OC(C)C)c1Cl. The van der Waals surface area contributed by atoms with Crippen LogP contribution in [0, 0.1) is 0 Å². The number of hydrogen-bond donors (Lipinski definition) is 1. The highest BCUT2D eigenvalue weighted by Gasteiger charge is 2.24.